The molecule has 0 spiro atoms. The average Bonchev–Trinajstić information content (AvgIpc) is 3.01. The minimum absolute atomic E-state index is 0. The zero-order valence-corrected chi connectivity index (χ0v) is 18.8. The number of benzene rings is 1. The lowest BCUT2D eigenvalue weighted by Gasteiger charge is -2.17. The summed E-state index contributed by atoms with van der Waals surface area (Å²) in [6.07, 6.45) is 3.89. The van der Waals surface area contributed by atoms with Gasteiger partial charge in [0.05, 0.1) is 6.54 Å². The van der Waals surface area contributed by atoms with Gasteiger partial charge in [-0.05, 0) is 24.3 Å². The molecule has 144 valence electrons. The maximum absolute atomic E-state index is 4.45. The monoisotopic (exact) mass is 469 g/mol. The van der Waals surface area contributed by atoms with E-state index in [9.17, 15) is 0 Å². The van der Waals surface area contributed by atoms with Gasteiger partial charge in [0.1, 0.15) is 5.82 Å². The molecule has 1 aromatic heterocycles. The summed E-state index contributed by atoms with van der Waals surface area (Å²) in [6, 6.07) is 8.66. The number of nitrogens with one attached hydrogen (secondary N) is 2. The first-order chi connectivity index (χ1) is 12.0. The van der Waals surface area contributed by atoms with E-state index in [2.05, 4.69) is 77.1 Å². The number of aromatic nitrogens is 2. The lowest BCUT2D eigenvalue weighted by atomic mass is 9.99. The number of rotatable bonds is 7. The second kappa shape index (κ2) is 11.2. The van der Waals surface area contributed by atoms with Crippen LogP contribution in [0.1, 0.15) is 43.6 Å². The van der Waals surface area contributed by atoms with Crippen molar-refractivity contribution < 1.29 is 0 Å². The third kappa shape index (κ3) is 6.97. The average molecular weight is 469 g/mol. The van der Waals surface area contributed by atoms with E-state index in [1.54, 1.807) is 7.05 Å². The predicted molar refractivity (Wildman–Crippen MR) is 120 cm³/mol. The fourth-order valence-electron chi connectivity index (χ4n) is 2.79. The molecule has 0 saturated heterocycles. The fraction of sp³-hybridized carbons (Fsp3) is 0.500. The fourth-order valence-corrected chi connectivity index (χ4v) is 2.79. The zero-order chi connectivity index (χ0) is 18.2. The van der Waals surface area contributed by atoms with E-state index in [1.165, 1.54) is 11.1 Å². The topological polar surface area (TPSA) is 54.2 Å². The molecule has 0 aliphatic rings. The number of nitrogens with zero attached hydrogens (tertiary/aromatic N) is 3. The standard InChI is InChI=1S/C20H31N5.HI/c1-15(2)14-25-10-9-22-19(25)13-24-20(21-5)23-12-17(4)18-8-6-7-16(3)11-18;/h6-11,15,17H,12-14H2,1-5H3,(H2,21,23,24);1H. The summed E-state index contributed by atoms with van der Waals surface area (Å²) in [4.78, 5) is 8.76. The van der Waals surface area contributed by atoms with Crippen LogP contribution in [0.5, 0.6) is 0 Å². The van der Waals surface area contributed by atoms with E-state index < -0.39 is 0 Å². The molecule has 0 aliphatic carbocycles. The zero-order valence-electron chi connectivity index (χ0n) is 16.5. The van der Waals surface area contributed by atoms with Crippen molar-refractivity contribution in [1.29, 1.82) is 0 Å². The lowest BCUT2D eigenvalue weighted by molar-refractivity contribution is 0.503. The van der Waals surface area contributed by atoms with Crippen molar-refractivity contribution in [2.24, 2.45) is 10.9 Å². The largest absolute Gasteiger partial charge is 0.356 e. The smallest absolute Gasteiger partial charge is 0.191 e. The number of aliphatic imine (C=N–C) groups is 1. The Balaban J connectivity index is 0.00000338. The van der Waals surface area contributed by atoms with Gasteiger partial charge in [-0.2, -0.15) is 0 Å². The van der Waals surface area contributed by atoms with E-state index in [4.69, 9.17) is 0 Å². The summed E-state index contributed by atoms with van der Waals surface area (Å²) in [5, 5.41) is 6.77. The molecular weight excluding hydrogens is 437 g/mol. The Kier molecular flexibility index (Phi) is 9.69. The van der Waals surface area contributed by atoms with Crippen LogP contribution < -0.4 is 10.6 Å². The second-order valence-electron chi connectivity index (χ2n) is 7.01. The normalized spacial score (nSPS) is 12.6. The Labute approximate surface area is 174 Å². The van der Waals surface area contributed by atoms with Crippen molar-refractivity contribution in [3.05, 3.63) is 53.6 Å². The van der Waals surface area contributed by atoms with Crippen molar-refractivity contribution in [2.45, 2.75) is 46.7 Å². The van der Waals surface area contributed by atoms with Gasteiger partial charge in [0.15, 0.2) is 5.96 Å². The van der Waals surface area contributed by atoms with Crippen LogP contribution in [0.2, 0.25) is 0 Å². The van der Waals surface area contributed by atoms with E-state index >= 15 is 0 Å². The highest BCUT2D eigenvalue weighted by Crippen LogP contribution is 2.15. The molecular formula is C20H32IN5. The van der Waals surface area contributed by atoms with E-state index in [0.717, 1.165) is 24.9 Å². The first-order valence-corrected chi connectivity index (χ1v) is 9.00. The molecule has 26 heavy (non-hydrogen) atoms. The molecule has 0 fully saturated rings. The molecule has 1 atom stereocenters. The molecule has 6 heteroatoms. The molecule has 0 saturated carbocycles. The summed E-state index contributed by atoms with van der Waals surface area (Å²) >= 11 is 0. The lowest BCUT2D eigenvalue weighted by Crippen LogP contribution is -2.39. The number of guanidine groups is 1. The van der Waals surface area contributed by atoms with Crippen LogP contribution in [-0.2, 0) is 13.1 Å². The second-order valence-corrected chi connectivity index (χ2v) is 7.01. The van der Waals surface area contributed by atoms with Crippen molar-refractivity contribution in [3.8, 4) is 0 Å². The van der Waals surface area contributed by atoms with Crippen LogP contribution in [-0.4, -0.2) is 29.1 Å². The van der Waals surface area contributed by atoms with Gasteiger partial charge in [-0.1, -0.05) is 50.6 Å². The van der Waals surface area contributed by atoms with Gasteiger partial charge in [-0.25, -0.2) is 4.98 Å². The summed E-state index contributed by atoms with van der Waals surface area (Å²) in [6.45, 7) is 11.3. The minimum Gasteiger partial charge on any atom is -0.356 e. The molecule has 1 heterocycles. The number of halogens is 1. The highest BCUT2D eigenvalue weighted by molar-refractivity contribution is 14.0. The van der Waals surface area contributed by atoms with Gasteiger partial charge in [0.25, 0.3) is 0 Å². The Hall–Kier alpha value is -1.57. The molecule has 1 unspecified atom stereocenters. The third-order valence-electron chi connectivity index (χ3n) is 4.19. The molecule has 2 N–H and O–H groups in total. The number of hydrogen-bond acceptors (Lipinski definition) is 2. The molecule has 0 amide bonds. The van der Waals surface area contributed by atoms with Crippen molar-refractivity contribution in [1.82, 2.24) is 20.2 Å². The van der Waals surface area contributed by atoms with Crippen molar-refractivity contribution in [2.75, 3.05) is 13.6 Å². The molecule has 2 aromatic rings. The molecule has 0 bridgehead atoms. The van der Waals surface area contributed by atoms with Crippen molar-refractivity contribution >= 4 is 29.9 Å². The van der Waals surface area contributed by atoms with E-state index in [1.807, 2.05) is 12.4 Å². The molecule has 0 radical (unpaired) electrons. The van der Waals surface area contributed by atoms with Gasteiger partial charge in [-0.3, -0.25) is 4.99 Å². The molecule has 2 rings (SSSR count). The van der Waals surface area contributed by atoms with E-state index in [-0.39, 0.29) is 24.0 Å². The van der Waals surface area contributed by atoms with Gasteiger partial charge in [-0.15, -0.1) is 24.0 Å². The van der Waals surface area contributed by atoms with Gasteiger partial charge in [0, 0.05) is 32.5 Å². The number of aryl methyl sites for hydroxylation is 1. The Morgan fingerprint density at radius 3 is 2.65 bits per heavy atom. The minimum atomic E-state index is 0. The quantitative estimate of drug-likeness (QED) is 0.367. The maximum atomic E-state index is 4.45. The SMILES string of the molecule is CN=C(NCc1nccn1CC(C)C)NCC(C)c1cccc(C)c1.I. The van der Waals surface area contributed by atoms with Crippen LogP contribution in [0.15, 0.2) is 41.7 Å². The molecule has 0 aliphatic heterocycles. The Bertz CT molecular complexity index is 693. The summed E-state index contributed by atoms with van der Waals surface area (Å²) in [5.74, 6) is 2.85. The van der Waals surface area contributed by atoms with Gasteiger partial charge >= 0.3 is 0 Å². The van der Waals surface area contributed by atoms with Crippen LogP contribution in [0, 0.1) is 12.8 Å². The van der Waals surface area contributed by atoms with Crippen LogP contribution in [0.3, 0.4) is 0 Å². The third-order valence-corrected chi connectivity index (χ3v) is 4.19. The predicted octanol–water partition coefficient (Wildman–Crippen LogP) is 3.93. The molecule has 1 aromatic carbocycles. The maximum Gasteiger partial charge on any atom is 0.191 e. The highest BCUT2D eigenvalue weighted by atomic mass is 127. The first kappa shape index (κ1) is 22.5. The summed E-state index contributed by atoms with van der Waals surface area (Å²) < 4.78 is 2.19. The van der Waals surface area contributed by atoms with Gasteiger partial charge in [0.2, 0.25) is 0 Å². The first-order valence-electron chi connectivity index (χ1n) is 9.00. The number of imidazole rings is 1. The Morgan fingerprint density at radius 2 is 2.00 bits per heavy atom. The van der Waals surface area contributed by atoms with Gasteiger partial charge < -0.3 is 15.2 Å². The Morgan fingerprint density at radius 1 is 1.23 bits per heavy atom. The van der Waals surface area contributed by atoms with Crippen LogP contribution in [0.4, 0.5) is 0 Å². The highest BCUT2D eigenvalue weighted by Gasteiger charge is 2.09. The summed E-state index contributed by atoms with van der Waals surface area (Å²) in [5.41, 5.74) is 2.64. The molecule has 5 nitrogen and oxygen atoms in total. The van der Waals surface area contributed by atoms with E-state index in [0.29, 0.717) is 18.4 Å². The number of hydrogen-bond donors (Lipinski definition) is 2. The van der Waals surface area contributed by atoms with Crippen molar-refractivity contribution in [3.63, 3.8) is 0 Å². The van der Waals surface area contributed by atoms with Crippen LogP contribution >= 0.6 is 24.0 Å². The van der Waals surface area contributed by atoms with Crippen LogP contribution in [0.25, 0.3) is 0 Å². The summed E-state index contributed by atoms with van der Waals surface area (Å²) in [7, 11) is 1.80.